The van der Waals surface area contributed by atoms with Crippen molar-refractivity contribution in [3.05, 3.63) is 104 Å². The van der Waals surface area contributed by atoms with E-state index in [2.05, 4.69) is 26.3 Å². The maximum Gasteiger partial charge on any atom is 0.280 e. The summed E-state index contributed by atoms with van der Waals surface area (Å²) < 4.78 is 2.12. The van der Waals surface area contributed by atoms with E-state index in [0.717, 1.165) is 10.0 Å². The monoisotopic (exact) mass is 479 g/mol. The summed E-state index contributed by atoms with van der Waals surface area (Å²) >= 11 is 9.36. The molecule has 0 unspecified atom stereocenters. The first-order chi connectivity index (χ1) is 14.5. The number of aromatic nitrogens is 2. The Balaban J connectivity index is 1.74. The Hall–Kier alpha value is -3.22. The van der Waals surface area contributed by atoms with Gasteiger partial charge in [0.1, 0.15) is 0 Å². The molecule has 0 saturated carbocycles. The van der Waals surface area contributed by atoms with Crippen molar-refractivity contribution < 1.29 is 4.79 Å². The van der Waals surface area contributed by atoms with Crippen LogP contribution in [0.4, 0.5) is 0 Å². The summed E-state index contributed by atoms with van der Waals surface area (Å²) in [5.41, 5.74) is 4.33. The van der Waals surface area contributed by atoms with E-state index in [0.29, 0.717) is 27.3 Å². The maximum absolute atomic E-state index is 13.1. The van der Waals surface area contributed by atoms with E-state index in [4.69, 9.17) is 11.6 Å². The molecule has 1 heterocycles. The zero-order valence-corrected chi connectivity index (χ0v) is 17.9. The van der Waals surface area contributed by atoms with Gasteiger partial charge in [0.25, 0.3) is 11.5 Å². The largest absolute Gasteiger partial charge is 0.280 e. The molecule has 7 heteroatoms. The van der Waals surface area contributed by atoms with Gasteiger partial charge in [-0.25, -0.2) is 4.98 Å². The molecule has 30 heavy (non-hydrogen) atoms. The summed E-state index contributed by atoms with van der Waals surface area (Å²) in [6, 6.07) is 21.4. The quantitative estimate of drug-likeness (QED) is 0.405. The van der Waals surface area contributed by atoms with Gasteiger partial charge in [-0.3, -0.25) is 15.0 Å². The molecule has 0 aliphatic carbocycles. The number of para-hydroxylation sites is 1. The number of nitrogens with zero attached hydrogens (tertiary/aromatic N) is 2. The minimum absolute atomic E-state index is 0.320. The Morgan fingerprint density at radius 2 is 1.70 bits per heavy atom. The van der Waals surface area contributed by atoms with E-state index < -0.39 is 5.91 Å². The molecule has 0 bridgehead atoms. The lowest BCUT2D eigenvalue weighted by atomic mass is 10.2. The second-order valence-corrected chi connectivity index (χ2v) is 7.81. The maximum atomic E-state index is 13.1. The zero-order valence-electron chi connectivity index (χ0n) is 15.5. The van der Waals surface area contributed by atoms with Gasteiger partial charge in [-0.2, -0.15) is 4.68 Å². The van der Waals surface area contributed by atoms with E-state index in [1.165, 1.54) is 10.8 Å². The molecule has 0 atom stereocenters. The van der Waals surface area contributed by atoms with Crippen molar-refractivity contribution >= 4 is 50.4 Å². The number of fused-ring (bicyclic) bond motifs is 1. The number of hydrogen-bond acceptors (Lipinski definition) is 3. The van der Waals surface area contributed by atoms with Crippen molar-refractivity contribution in [2.75, 3.05) is 5.43 Å². The zero-order chi connectivity index (χ0) is 21.1. The van der Waals surface area contributed by atoms with Crippen LogP contribution in [-0.2, 0) is 4.79 Å². The Morgan fingerprint density at radius 3 is 2.43 bits per heavy atom. The molecule has 1 aromatic heterocycles. The van der Waals surface area contributed by atoms with Gasteiger partial charge in [-0.05, 0) is 60.2 Å². The highest BCUT2D eigenvalue weighted by atomic mass is 79.9. The first-order valence-electron chi connectivity index (χ1n) is 9.04. The van der Waals surface area contributed by atoms with Crippen LogP contribution < -0.4 is 11.0 Å². The van der Waals surface area contributed by atoms with Crippen molar-refractivity contribution in [3.8, 4) is 11.4 Å². The average molecular weight is 481 g/mol. The van der Waals surface area contributed by atoms with Gasteiger partial charge < -0.3 is 0 Å². The number of benzene rings is 3. The molecule has 1 N–H and O–H groups in total. The lowest BCUT2D eigenvalue weighted by molar-refractivity contribution is -0.112. The summed E-state index contributed by atoms with van der Waals surface area (Å²) in [6.07, 6.45) is 3.04. The second kappa shape index (κ2) is 8.65. The van der Waals surface area contributed by atoms with Crippen LogP contribution in [-0.4, -0.2) is 15.6 Å². The van der Waals surface area contributed by atoms with Crippen LogP contribution in [0.15, 0.2) is 88.1 Å². The molecule has 0 radical (unpaired) electrons. The Kier molecular flexibility index (Phi) is 5.79. The molecule has 0 saturated heterocycles. The standard InChI is InChI=1S/C23H15BrClN3O2/c24-17-10-5-15(6-11-17)7-14-21(29)27-28-22(16-8-12-18(25)13-9-16)26-20-4-2-1-3-19(20)23(28)30/h1-14H,(H,27,29)/b14-7+. The number of carbonyl (C=O) groups excluding carboxylic acids is 1. The number of carbonyl (C=O) groups is 1. The molecule has 0 fully saturated rings. The molecule has 3 aromatic carbocycles. The molecule has 4 rings (SSSR count). The van der Waals surface area contributed by atoms with Gasteiger partial charge in [0.2, 0.25) is 0 Å². The number of halogens is 2. The third kappa shape index (κ3) is 4.35. The first kappa shape index (κ1) is 20.1. The number of rotatable bonds is 4. The van der Waals surface area contributed by atoms with E-state index in [1.54, 1.807) is 48.5 Å². The summed E-state index contributed by atoms with van der Waals surface area (Å²) in [6.45, 7) is 0. The fourth-order valence-corrected chi connectivity index (χ4v) is 3.31. The van der Waals surface area contributed by atoms with Crippen molar-refractivity contribution in [2.24, 2.45) is 0 Å². The SMILES string of the molecule is O=C(/C=C/c1ccc(Br)cc1)Nn1c(-c2ccc(Cl)cc2)nc2ccccc2c1=O. The fourth-order valence-electron chi connectivity index (χ4n) is 2.92. The minimum Gasteiger partial charge on any atom is -0.268 e. The normalized spacial score (nSPS) is 11.1. The van der Waals surface area contributed by atoms with Gasteiger partial charge in [-0.15, -0.1) is 0 Å². The molecule has 148 valence electrons. The van der Waals surface area contributed by atoms with Crippen LogP contribution in [0.5, 0.6) is 0 Å². The highest BCUT2D eigenvalue weighted by Gasteiger charge is 2.14. The summed E-state index contributed by atoms with van der Waals surface area (Å²) in [7, 11) is 0. The van der Waals surface area contributed by atoms with E-state index in [1.807, 2.05) is 30.3 Å². The van der Waals surface area contributed by atoms with Crippen molar-refractivity contribution in [3.63, 3.8) is 0 Å². The van der Waals surface area contributed by atoms with Gasteiger partial charge >= 0.3 is 0 Å². The topological polar surface area (TPSA) is 64.0 Å². The average Bonchev–Trinajstić information content (AvgIpc) is 2.76. The second-order valence-electron chi connectivity index (χ2n) is 6.46. The molecule has 5 nitrogen and oxygen atoms in total. The van der Waals surface area contributed by atoms with Crippen LogP contribution in [0.25, 0.3) is 28.4 Å². The van der Waals surface area contributed by atoms with E-state index in [9.17, 15) is 9.59 Å². The minimum atomic E-state index is -0.452. The summed E-state index contributed by atoms with van der Waals surface area (Å²) in [4.78, 5) is 30.2. The van der Waals surface area contributed by atoms with Crippen molar-refractivity contribution in [2.45, 2.75) is 0 Å². The molecule has 0 aliphatic rings. The number of amides is 1. The van der Waals surface area contributed by atoms with Gasteiger partial charge in [-0.1, -0.05) is 51.8 Å². The lowest BCUT2D eigenvalue weighted by Crippen LogP contribution is -2.34. The van der Waals surface area contributed by atoms with Gasteiger partial charge in [0, 0.05) is 21.1 Å². The van der Waals surface area contributed by atoms with Gasteiger partial charge in [0.05, 0.1) is 10.9 Å². The molecule has 4 aromatic rings. The van der Waals surface area contributed by atoms with Crippen LogP contribution in [0.3, 0.4) is 0 Å². The molecular formula is C23H15BrClN3O2. The summed E-state index contributed by atoms with van der Waals surface area (Å²) in [5.74, 6) is -0.131. The Labute approximate surface area is 185 Å². The van der Waals surface area contributed by atoms with E-state index >= 15 is 0 Å². The molecule has 0 aliphatic heterocycles. The predicted octanol–water partition coefficient (Wildman–Crippen LogP) is 5.26. The highest BCUT2D eigenvalue weighted by Crippen LogP contribution is 2.20. The van der Waals surface area contributed by atoms with Gasteiger partial charge in [0.15, 0.2) is 5.82 Å². The number of hydrogen-bond donors (Lipinski definition) is 1. The Bertz CT molecular complexity index is 1310. The highest BCUT2D eigenvalue weighted by molar-refractivity contribution is 9.10. The van der Waals surface area contributed by atoms with Crippen molar-refractivity contribution in [1.82, 2.24) is 9.66 Å². The van der Waals surface area contributed by atoms with E-state index in [-0.39, 0.29) is 5.56 Å². The third-order valence-electron chi connectivity index (χ3n) is 4.40. The summed E-state index contributed by atoms with van der Waals surface area (Å²) in [5, 5.41) is 0.974. The van der Waals surface area contributed by atoms with Crippen LogP contribution in [0.2, 0.25) is 5.02 Å². The van der Waals surface area contributed by atoms with Crippen LogP contribution in [0.1, 0.15) is 5.56 Å². The smallest absolute Gasteiger partial charge is 0.268 e. The van der Waals surface area contributed by atoms with Crippen LogP contribution in [0, 0.1) is 0 Å². The molecule has 1 amide bonds. The lowest BCUT2D eigenvalue weighted by Gasteiger charge is -2.13. The molecule has 0 spiro atoms. The predicted molar refractivity (Wildman–Crippen MR) is 124 cm³/mol. The van der Waals surface area contributed by atoms with Crippen LogP contribution >= 0.6 is 27.5 Å². The first-order valence-corrected chi connectivity index (χ1v) is 10.2. The van der Waals surface area contributed by atoms with Crippen molar-refractivity contribution in [1.29, 1.82) is 0 Å². The fraction of sp³-hybridized carbons (Fsp3) is 0. The Morgan fingerprint density at radius 1 is 1.00 bits per heavy atom. The third-order valence-corrected chi connectivity index (χ3v) is 5.18. The molecular weight excluding hydrogens is 466 g/mol. The number of nitrogens with one attached hydrogen (secondary N) is 1.